The molecule has 0 heterocycles. The van der Waals surface area contributed by atoms with Crippen LogP contribution in [0, 0.1) is 12.3 Å². The van der Waals surface area contributed by atoms with Crippen LogP contribution in [-0.4, -0.2) is 29.5 Å². The molecule has 1 aromatic carbocycles. The summed E-state index contributed by atoms with van der Waals surface area (Å²) in [5.41, 5.74) is 8.06. The Morgan fingerprint density at radius 3 is 2.58 bits per heavy atom. The number of amidine groups is 1. The molecule has 0 aromatic heterocycles. The van der Waals surface area contributed by atoms with Crippen LogP contribution in [0.1, 0.15) is 31.4 Å². The molecule has 19 heavy (non-hydrogen) atoms. The SMILES string of the molecule is Cc1ccccc1CN(C)CCC(C)(C)C(N)=NO. The summed E-state index contributed by atoms with van der Waals surface area (Å²) in [5, 5.41) is 11.9. The van der Waals surface area contributed by atoms with Crippen LogP contribution in [0.5, 0.6) is 0 Å². The van der Waals surface area contributed by atoms with Gasteiger partial charge in [-0.15, -0.1) is 0 Å². The Labute approximate surface area is 115 Å². The van der Waals surface area contributed by atoms with Gasteiger partial charge in [-0.05, 0) is 38.1 Å². The van der Waals surface area contributed by atoms with Gasteiger partial charge in [-0.2, -0.15) is 0 Å². The minimum absolute atomic E-state index is 0.283. The molecular formula is C15H25N3O. The van der Waals surface area contributed by atoms with Gasteiger partial charge in [0.05, 0.1) is 0 Å². The highest BCUT2D eigenvalue weighted by Gasteiger charge is 2.23. The maximum Gasteiger partial charge on any atom is 0.144 e. The zero-order valence-electron chi connectivity index (χ0n) is 12.3. The maximum absolute atomic E-state index is 8.76. The Balaban J connectivity index is 2.53. The lowest BCUT2D eigenvalue weighted by Gasteiger charge is -2.26. The first-order chi connectivity index (χ1) is 8.86. The van der Waals surface area contributed by atoms with E-state index in [-0.39, 0.29) is 11.3 Å². The summed E-state index contributed by atoms with van der Waals surface area (Å²) in [6, 6.07) is 8.40. The summed E-state index contributed by atoms with van der Waals surface area (Å²) in [6.07, 6.45) is 0.852. The highest BCUT2D eigenvalue weighted by atomic mass is 16.4. The molecule has 4 heteroatoms. The summed E-state index contributed by atoms with van der Waals surface area (Å²) in [6.45, 7) is 7.92. The van der Waals surface area contributed by atoms with Gasteiger partial charge in [-0.3, -0.25) is 0 Å². The third kappa shape index (κ3) is 4.56. The molecule has 0 spiro atoms. The number of hydrogen-bond donors (Lipinski definition) is 2. The first-order valence-electron chi connectivity index (χ1n) is 6.58. The first kappa shape index (κ1) is 15.5. The zero-order valence-corrected chi connectivity index (χ0v) is 12.3. The van der Waals surface area contributed by atoms with Crippen molar-refractivity contribution in [3.05, 3.63) is 35.4 Å². The number of nitrogens with zero attached hydrogens (tertiary/aromatic N) is 2. The summed E-state index contributed by atoms with van der Waals surface area (Å²) in [7, 11) is 2.09. The molecule has 0 fully saturated rings. The van der Waals surface area contributed by atoms with Crippen molar-refractivity contribution in [3.8, 4) is 0 Å². The molecule has 0 aliphatic carbocycles. The van der Waals surface area contributed by atoms with E-state index in [2.05, 4.69) is 48.3 Å². The summed E-state index contributed by atoms with van der Waals surface area (Å²) >= 11 is 0. The monoisotopic (exact) mass is 263 g/mol. The van der Waals surface area contributed by atoms with E-state index in [0.717, 1.165) is 19.5 Å². The molecule has 0 aliphatic rings. The Hall–Kier alpha value is -1.55. The average Bonchev–Trinajstić information content (AvgIpc) is 2.38. The molecule has 0 bridgehead atoms. The molecule has 0 atom stereocenters. The van der Waals surface area contributed by atoms with Crippen LogP contribution >= 0.6 is 0 Å². The minimum atomic E-state index is -0.283. The number of aryl methyl sites for hydroxylation is 1. The normalized spacial score (nSPS) is 13.0. The van der Waals surface area contributed by atoms with Crippen LogP contribution in [0.25, 0.3) is 0 Å². The van der Waals surface area contributed by atoms with E-state index in [1.165, 1.54) is 11.1 Å². The molecule has 0 radical (unpaired) electrons. The lowest BCUT2D eigenvalue weighted by molar-refractivity contribution is 0.272. The van der Waals surface area contributed by atoms with Crippen LogP contribution in [0.4, 0.5) is 0 Å². The van der Waals surface area contributed by atoms with E-state index in [9.17, 15) is 0 Å². The van der Waals surface area contributed by atoms with Crippen LogP contribution in [0.2, 0.25) is 0 Å². The number of oxime groups is 1. The third-order valence-corrected chi connectivity index (χ3v) is 3.62. The quantitative estimate of drug-likeness (QED) is 0.359. The largest absolute Gasteiger partial charge is 0.409 e. The predicted octanol–water partition coefficient (Wildman–Crippen LogP) is 2.59. The second-order valence-corrected chi connectivity index (χ2v) is 5.78. The highest BCUT2D eigenvalue weighted by molar-refractivity contribution is 5.85. The van der Waals surface area contributed by atoms with Gasteiger partial charge in [0, 0.05) is 12.0 Å². The molecule has 1 rings (SSSR count). The van der Waals surface area contributed by atoms with Crippen molar-refractivity contribution in [2.24, 2.45) is 16.3 Å². The van der Waals surface area contributed by atoms with E-state index in [1.807, 2.05) is 13.8 Å². The van der Waals surface area contributed by atoms with E-state index in [1.54, 1.807) is 0 Å². The molecular weight excluding hydrogens is 238 g/mol. The molecule has 1 aromatic rings. The van der Waals surface area contributed by atoms with E-state index in [4.69, 9.17) is 10.9 Å². The number of hydrogen-bond acceptors (Lipinski definition) is 3. The van der Waals surface area contributed by atoms with E-state index >= 15 is 0 Å². The molecule has 0 aliphatic heterocycles. The smallest absolute Gasteiger partial charge is 0.144 e. The lowest BCUT2D eigenvalue weighted by atomic mass is 9.88. The fourth-order valence-corrected chi connectivity index (χ4v) is 1.89. The van der Waals surface area contributed by atoms with Gasteiger partial charge in [0.15, 0.2) is 0 Å². The molecule has 0 saturated carbocycles. The van der Waals surface area contributed by atoms with Crippen LogP contribution in [0.15, 0.2) is 29.4 Å². The Bertz CT molecular complexity index is 441. The molecule has 0 unspecified atom stereocenters. The number of rotatable bonds is 6. The molecule has 0 amide bonds. The number of nitrogens with two attached hydrogens (primary N) is 1. The Morgan fingerprint density at radius 1 is 1.37 bits per heavy atom. The van der Waals surface area contributed by atoms with Gasteiger partial charge in [0.2, 0.25) is 0 Å². The van der Waals surface area contributed by atoms with Crippen molar-refractivity contribution >= 4 is 5.84 Å². The van der Waals surface area contributed by atoms with Gasteiger partial charge >= 0.3 is 0 Å². The Kier molecular flexibility index (Phi) is 5.36. The fourth-order valence-electron chi connectivity index (χ4n) is 1.89. The van der Waals surface area contributed by atoms with Gasteiger partial charge in [0.25, 0.3) is 0 Å². The topological polar surface area (TPSA) is 61.8 Å². The summed E-state index contributed by atoms with van der Waals surface area (Å²) in [5.74, 6) is 0.289. The second kappa shape index (κ2) is 6.57. The fraction of sp³-hybridized carbons (Fsp3) is 0.533. The van der Waals surface area contributed by atoms with Gasteiger partial charge in [0.1, 0.15) is 5.84 Å². The highest BCUT2D eigenvalue weighted by Crippen LogP contribution is 2.21. The molecule has 4 nitrogen and oxygen atoms in total. The Morgan fingerprint density at radius 2 is 2.00 bits per heavy atom. The average molecular weight is 263 g/mol. The maximum atomic E-state index is 8.76. The van der Waals surface area contributed by atoms with Crippen molar-refractivity contribution in [1.82, 2.24) is 4.90 Å². The van der Waals surface area contributed by atoms with Crippen LogP contribution < -0.4 is 5.73 Å². The second-order valence-electron chi connectivity index (χ2n) is 5.78. The summed E-state index contributed by atoms with van der Waals surface area (Å²) < 4.78 is 0. The standard InChI is InChI=1S/C15H25N3O/c1-12-7-5-6-8-13(12)11-18(4)10-9-15(2,3)14(16)17-19/h5-8,19H,9-11H2,1-4H3,(H2,16,17). The summed E-state index contributed by atoms with van der Waals surface area (Å²) in [4.78, 5) is 2.26. The lowest BCUT2D eigenvalue weighted by Crippen LogP contribution is -2.35. The minimum Gasteiger partial charge on any atom is -0.409 e. The van der Waals surface area contributed by atoms with Crippen molar-refractivity contribution in [1.29, 1.82) is 0 Å². The van der Waals surface area contributed by atoms with E-state index in [0.29, 0.717) is 0 Å². The molecule has 106 valence electrons. The van der Waals surface area contributed by atoms with Crippen LogP contribution in [-0.2, 0) is 6.54 Å². The number of benzene rings is 1. The van der Waals surface area contributed by atoms with Crippen molar-refractivity contribution in [2.75, 3.05) is 13.6 Å². The van der Waals surface area contributed by atoms with Crippen molar-refractivity contribution < 1.29 is 5.21 Å². The third-order valence-electron chi connectivity index (χ3n) is 3.62. The first-order valence-corrected chi connectivity index (χ1v) is 6.58. The predicted molar refractivity (Wildman–Crippen MR) is 79.3 cm³/mol. The van der Waals surface area contributed by atoms with Gasteiger partial charge in [-0.1, -0.05) is 43.3 Å². The van der Waals surface area contributed by atoms with Crippen molar-refractivity contribution in [3.63, 3.8) is 0 Å². The molecule has 0 saturated heterocycles. The van der Waals surface area contributed by atoms with E-state index < -0.39 is 0 Å². The van der Waals surface area contributed by atoms with Crippen LogP contribution in [0.3, 0.4) is 0 Å². The van der Waals surface area contributed by atoms with Crippen molar-refractivity contribution in [2.45, 2.75) is 33.7 Å². The molecule has 3 N–H and O–H groups in total. The van der Waals surface area contributed by atoms with Gasteiger partial charge < -0.3 is 15.8 Å². The zero-order chi connectivity index (χ0) is 14.5. The van der Waals surface area contributed by atoms with Gasteiger partial charge in [-0.25, -0.2) is 0 Å².